The van der Waals surface area contributed by atoms with Crippen LogP contribution >= 0.6 is 0 Å². The van der Waals surface area contributed by atoms with E-state index in [9.17, 15) is 4.79 Å². The molecule has 1 unspecified atom stereocenters. The van der Waals surface area contributed by atoms with Gasteiger partial charge < -0.3 is 0 Å². The second-order valence-corrected chi connectivity index (χ2v) is 6.41. The average molecular weight is 270 g/mol. The topological polar surface area (TPSA) is 17.1 Å². The van der Waals surface area contributed by atoms with Crippen LogP contribution in [0.2, 0.25) is 0 Å². The van der Waals surface area contributed by atoms with Gasteiger partial charge >= 0.3 is 0 Å². The second-order valence-electron chi connectivity index (χ2n) is 6.41. The van der Waals surface area contributed by atoms with Gasteiger partial charge in [0.05, 0.1) is 0 Å². The molecule has 1 aromatic carbocycles. The average Bonchev–Trinajstić information content (AvgIpc) is 2.37. The SMILES string of the molecule is C#CC(=O)Cc1ccc(C(CC(C)C)C(C)C)cc1C. The van der Waals surface area contributed by atoms with Crippen LogP contribution in [-0.4, -0.2) is 5.78 Å². The number of terminal acetylenes is 1. The van der Waals surface area contributed by atoms with Crippen LogP contribution in [0.3, 0.4) is 0 Å². The van der Waals surface area contributed by atoms with E-state index in [4.69, 9.17) is 6.42 Å². The van der Waals surface area contributed by atoms with Gasteiger partial charge in [-0.2, -0.15) is 0 Å². The molecular weight excluding hydrogens is 244 g/mol. The van der Waals surface area contributed by atoms with Crippen molar-refractivity contribution in [3.8, 4) is 12.3 Å². The highest BCUT2D eigenvalue weighted by atomic mass is 16.1. The lowest BCUT2D eigenvalue weighted by molar-refractivity contribution is -0.113. The normalized spacial score (nSPS) is 12.5. The molecule has 1 aromatic rings. The molecule has 20 heavy (non-hydrogen) atoms. The van der Waals surface area contributed by atoms with E-state index in [2.05, 4.69) is 58.7 Å². The first-order valence-electron chi connectivity index (χ1n) is 7.44. The van der Waals surface area contributed by atoms with Crippen molar-refractivity contribution in [2.75, 3.05) is 0 Å². The van der Waals surface area contributed by atoms with E-state index in [1.165, 1.54) is 17.5 Å². The summed E-state index contributed by atoms with van der Waals surface area (Å²) in [6, 6.07) is 6.46. The fourth-order valence-electron chi connectivity index (χ4n) is 2.67. The summed E-state index contributed by atoms with van der Waals surface area (Å²) < 4.78 is 0. The summed E-state index contributed by atoms with van der Waals surface area (Å²) in [5.41, 5.74) is 3.59. The number of Topliss-reactive ketones (excluding diaryl/α,β-unsaturated/α-hetero) is 1. The Balaban J connectivity index is 3.00. The summed E-state index contributed by atoms with van der Waals surface area (Å²) in [5.74, 6) is 3.91. The Morgan fingerprint density at radius 3 is 2.35 bits per heavy atom. The van der Waals surface area contributed by atoms with Crippen molar-refractivity contribution in [3.63, 3.8) is 0 Å². The van der Waals surface area contributed by atoms with Crippen molar-refractivity contribution in [3.05, 3.63) is 34.9 Å². The van der Waals surface area contributed by atoms with Crippen molar-refractivity contribution >= 4 is 5.78 Å². The lowest BCUT2D eigenvalue weighted by Gasteiger charge is -2.24. The van der Waals surface area contributed by atoms with Crippen LogP contribution in [-0.2, 0) is 11.2 Å². The predicted molar refractivity (Wildman–Crippen MR) is 85.8 cm³/mol. The smallest absolute Gasteiger partial charge is 0.209 e. The highest BCUT2D eigenvalue weighted by molar-refractivity contribution is 5.96. The first-order valence-corrected chi connectivity index (χ1v) is 7.44. The molecule has 0 aliphatic carbocycles. The zero-order chi connectivity index (χ0) is 15.3. The molecule has 108 valence electrons. The summed E-state index contributed by atoms with van der Waals surface area (Å²) in [7, 11) is 0. The van der Waals surface area contributed by atoms with Gasteiger partial charge in [-0.25, -0.2) is 0 Å². The van der Waals surface area contributed by atoms with Crippen molar-refractivity contribution in [2.45, 2.75) is 53.4 Å². The summed E-state index contributed by atoms with van der Waals surface area (Å²) in [5, 5.41) is 0. The van der Waals surface area contributed by atoms with Crippen LogP contribution in [0.15, 0.2) is 18.2 Å². The molecule has 0 saturated carbocycles. The molecule has 0 amide bonds. The van der Waals surface area contributed by atoms with Crippen LogP contribution in [0.25, 0.3) is 0 Å². The molecular formula is C19H26O. The van der Waals surface area contributed by atoms with Gasteiger partial charge in [0.25, 0.3) is 0 Å². The third-order valence-corrected chi connectivity index (χ3v) is 3.84. The third kappa shape index (κ3) is 4.53. The van der Waals surface area contributed by atoms with Crippen LogP contribution in [0.4, 0.5) is 0 Å². The third-order valence-electron chi connectivity index (χ3n) is 3.84. The minimum absolute atomic E-state index is 0.150. The zero-order valence-corrected chi connectivity index (χ0v) is 13.4. The Labute approximate surface area is 123 Å². The van der Waals surface area contributed by atoms with Gasteiger partial charge in [0.2, 0.25) is 5.78 Å². The molecule has 0 aliphatic rings. The molecule has 0 aliphatic heterocycles. The molecule has 0 bridgehead atoms. The monoisotopic (exact) mass is 270 g/mol. The lowest BCUT2D eigenvalue weighted by atomic mass is 9.81. The lowest BCUT2D eigenvalue weighted by Crippen LogP contribution is -2.11. The largest absolute Gasteiger partial charge is 0.285 e. The molecule has 1 heteroatoms. The zero-order valence-electron chi connectivity index (χ0n) is 13.4. The molecule has 0 radical (unpaired) electrons. The highest BCUT2D eigenvalue weighted by Gasteiger charge is 2.18. The Kier molecular flexibility index (Phi) is 6.02. The number of aryl methyl sites for hydroxylation is 1. The number of benzene rings is 1. The summed E-state index contributed by atoms with van der Waals surface area (Å²) in [6.07, 6.45) is 6.68. The fourth-order valence-corrected chi connectivity index (χ4v) is 2.67. The van der Waals surface area contributed by atoms with Gasteiger partial charge in [-0.1, -0.05) is 45.9 Å². The molecule has 0 N–H and O–H groups in total. The maximum atomic E-state index is 11.4. The quantitative estimate of drug-likeness (QED) is 0.548. The number of hydrogen-bond acceptors (Lipinski definition) is 1. The first kappa shape index (κ1) is 16.5. The standard InChI is InChI=1S/C19H26O/c1-7-18(20)12-16-8-9-17(11-15(16)6)19(14(4)5)10-13(2)3/h1,8-9,11,13-14,19H,10,12H2,2-6H3. The number of carbonyl (C=O) groups excluding carboxylic acids is 1. The second kappa shape index (κ2) is 7.29. The van der Waals surface area contributed by atoms with Crippen LogP contribution in [0.1, 0.15) is 56.7 Å². The van der Waals surface area contributed by atoms with Crippen molar-refractivity contribution in [2.24, 2.45) is 11.8 Å². The number of rotatable bonds is 6. The Morgan fingerprint density at radius 2 is 1.90 bits per heavy atom. The van der Waals surface area contributed by atoms with E-state index in [-0.39, 0.29) is 5.78 Å². The van der Waals surface area contributed by atoms with Crippen LogP contribution < -0.4 is 0 Å². The Hall–Kier alpha value is -1.55. The molecule has 0 heterocycles. The molecule has 1 rings (SSSR count). The van der Waals surface area contributed by atoms with Gasteiger partial charge in [-0.05, 0) is 53.7 Å². The minimum atomic E-state index is -0.150. The molecule has 0 spiro atoms. The van der Waals surface area contributed by atoms with Gasteiger partial charge in [-0.15, -0.1) is 6.42 Å². The molecule has 1 nitrogen and oxygen atoms in total. The van der Waals surface area contributed by atoms with E-state index in [0.29, 0.717) is 24.2 Å². The molecule has 0 fully saturated rings. The first-order chi connectivity index (χ1) is 9.35. The van der Waals surface area contributed by atoms with Gasteiger partial charge in [0, 0.05) is 6.42 Å². The Morgan fingerprint density at radius 1 is 1.25 bits per heavy atom. The van der Waals surface area contributed by atoms with E-state index in [0.717, 1.165) is 5.56 Å². The molecule has 0 saturated heterocycles. The summed E-state index contributed by atoms with van der Waals surface area (Å²) >= 11 is 0. The van der Waals surface area contributed by atoms with E-state index >= 15 is 0 Å². The maximum absolute atomic E-state index is 11.4. The Bertz CT molecular complexity index is 503. The highest BCUT2D eigenvalue weighted by Crippen LogP contribution is 2.32. The molecule has 0 aromatic heterocycles. The maximum Gasteiger partial charge on any atom is 0.209 e. The van der Waals surface area contributed by atoms with Crippen molar-refractivity contribution in [1.82, 2.24) is 0 Å². The summed E-state index contributed by atoms with van der Waals surface area (Å²) in [4.78, 5) is 11.4. The van der Waals surface area contributed by atoms with E-state index in [1.54, 1.807) is 0 Å². The fraction of sp³-hybridized carbons (Fsp3) is 0.526. The van der Waals surface area contributed by atoms with Crippen molar-refractivity contribution in [1.29, 1.82) is 0 Å². The van der Waals surface area contributed by atoms with Crippen LogP contribution in [0.5, 0.6) is 0 Å². The van der Waals surface area contributed by atoms with Crippen molar-refractivity contribution < 1.29 is 4.79 Å². The van der Waals surface area contributed by atoms with Crippen LogP contribution in [0, 0.1) is 31.1 Å². The predicted octanol–water partition coefficient (Wildman–Crippen LogP) is 4.53. The minimum Gasteiger partial charge on any atom is -0.285 e. The van der Waals surface area contributed by atoms with Gasteiger partial charge in [-0.3, -0.25) is 4.79 Å². The van der Waals surface area contributed by atoms with E-state index in [1.807, 2.05) is 0 Å². The van der Waals surface area contributed by atoms with E-state index < -0.39 is 0 Å². The number of hydrogen-bond donors (Lipinski definition) is 0. The number of carbonyl (C=O) groups is 1. The number of ketones is 1. The molecule has 1 atom stereocenters. The van der Waals surface area contributed by atoms with Gasteiger partial charge in [0.1, 0.15) is 0 Å². The van der Waals surface area contributed by atoms with Gasteiger partial charge in [0.15, 0.2) is 0 Å². The summed E-state index contributed by atoms with van der Waals surface area (Å²) in [6.45, 7) is 11.1.